The number of ether oxygens (including phenoxy) is 2. The number of nitrogens with one attached hydrogen (secondary N) is 1. The first kappa shape index (κ1) is 15.2. The van der Waals surface area contributed by atoms with Gasteiger partial charge in [-0.15, -0.1) is 0 Å². The number of carbonyl (C=O) groups excluding carboxylic acids is 1. The maximum Gasteiger partial charge on any atom is 0.219 e. The molecule has 1 heterocycles. The summed E-state index contributed by atoms with van der Waals surface area (Å²) in [4.78, 5) is 11.6. The Kier molecular flexibility index (Phi) is 4.86. The number of rotatable bonds is 7. The third-order valence-electron chi connectivity index (χ3n) is 4.44. The fraction of sp³-hybridized carbons (Fsp3) is 0.611. The Labute approximate surface area is 132 Å². The number of carbonyl (C=O) groups is 1. The molecule has 0 bridgehead atoms. The maximum atomic E-state index is 11.6. The monoisotopic (exact) mass is 303 g/mol. The van der Waals surface area contributed by atoms with Crippen LogP contribution in [0.15, 0.2) is 18.2 Å². The molecule has 22 heavy (non-hydrogen) atoms. The summed E-state index contributed by atoms with van der Waals surface area (Å²) in [6.07, 6.45) is 5.11. The van der Waals surface area contributed by atoms with E-state index in [1.54, 1.807) is 0 Å². The summed E-state index contributed by atoms with van der Waals surface area (Å²) in [6, 6.07) is 6.31. The molecule has 1 saturated carbocycles. The Bertz CT molecular complexity index is 525. The number of hydrogen-bond donors (Lipinski definition) is 1. The number of fused-ring (bicyclic) bond motifs is 1. The molecule has 1 aliphatic carbocycles. The molecule has 0 spiro atoms. The first-order valence-electron chi connectivity index (χ1n) is 8.44. The van der Waals surface area contributed by atoms with Gasteiger partial charge in [0, 0.05) is 13.0 Å². The lowest BCUT2D eigenvalue weighted by atomic mass is 9.90. The molecular weight excluding hydrogens is 278 g/mol. The smallest absolute Gasteiger partial charge is 0.219 e. The lowest BCUT2D eigenvalue weighted by Gasteiger charge is -2.22. The Morgan fingerprint density at radius 2 is 2.05 bits per heavy atom. The Morgan fingerprint density at radius 1 is 1.27 bits per heavy atom. The summed E-state index contributed by atoms with van der Waals surface area (Å²) in [5.41, 5.74) is 1.32. The van der Waals surface area contributed by atoms with Crippen LogP contribution in [-0.2, 0) is 4.79 Å². The first-order valence-corrected chi connectivity index (χ1v) is 8.44. The molecule has 1 N–H and O–H groups in total. The van der Waals surface area contributed by atoms with E-state index in [2.05, 4.69) is 17.4 Å². The van der Waals surface area contributed by atoms with Crippen LogP contribution in [0.25, 0.3) is 0 Å². The molecule has 0 radical (unpaired) electrons. The van der Waals surface area contributed by atoms with E-state index in [1.165, 1.54) is 18.4 Å². The van der Waals surface area contributed by atoms with Gasteiger partial charge in [0.15, 0.2) is 11.5 Å². The molecule has 1 aliphatic heterocycles. The van der Waals surface area contributed by atoms with Gasteiger partial charge in [-0.25, -0.2) is 0 Å². The molecule has 0 saturated heterocycles. The minimum absolute atomic E-state index is 0.166. The van der Waals surface area contributed by atoms with E-state index in [4.69, 9.17) is 9.47 Å². The first-order chi connectivity index (χ1) is 10.8. The van der Waals surface area contributed by atoms with E-state index in [0.29, 0.717) is 25.6 Å². The highest BCUT2D eigenvalue weighted by Crippen LogP contribution is 2.46. The van der Waals surface area contributed by atoms with Gasteiger partial charge in [-0.2, -0.15) is 0 Å². The molecule has 2 aliphatic rings. The van der Waals surface area contributed by atoms with Crippen LogP contribution < -0.4 is 14.8 Å². The molecular formula is C18H25NO3. The minimum atomic E-state index is 0.166. The second kappa shape index (κ2) is 7.03. The van der Waals surface area contributed by atoms with Gasteiger partial charge in [-0.3, -0.25) is 4.79 Å². The zero-order valence-corrected chi connectivity index (χ0v) is 13.3. The molecule has 0 aromatic heterocycles. The highest BCUT2D eigenvalue weighted by Gasteiger charge is 2.32. The summed E-state index contributed by atoms with van der Waals surface area (Å²) < 4.78 is 11.3. The van der Waals surface area contributed by atoms with Gasteiger partial charge in [0.2, 0.25) is 5.91 Å². The summed E-state index contributed by atoms with van der Waals surface area (Å²) in [7, 11) is 0. The van der Waals surface area contributed by atoms with Crippen molar-refractivity contribution < 1.29 is 14.3 Å². The number of amides is 1. The van der Waals surface area contributed by atoms with E-state index >= 15 is 0 Å². The van der Waals surface area contributed by atoms with Crippen molar-refractivity contribution in [2.45, 2.75) is 44.9 Å². The van der Waals surface area contributed by atoms with E-state index in [1.807, 2.05) is 13.0 Å². The van der Waals surface area contributed by atoms with Gasteiger partial charge in [-0.1, -0.05) is 13.0 Å². The van der Waals surface area contributed by atoms with Crippen molar-refractivity contribution in [1.29, 1.82) is 0 Å². The molecule has 1 amide bonds. The molecule has 1 atom stereocenters. The average molecular weight is 303 g/mol. The normalized spacial score (nSPS) is 17.9. The van der Waals surface area contributed by atoms with Gasteiger partial charge in [-0.05, 0) is 55.2 Å². The van der Waals surface area contributed by atoms with Crippen molar-refractivity contribution in [3.05, 3.63) is 23.8 Å². The third-order valence-corrected chi connectivity index (χ3v) is 4.44. The van der Waals surface area contributed by atoms with E-state index in [-0.39, 0.29) is 5.91 Å². The second-order valence-electron chi connectivity index (χ2n) is 6.24. The molecule has 3 rings (SSSR count). The molecule has 4 nitrogen and oxygen atoms in total. The van der Waals surface area contributed by atoms with Gasteiger partial charge >= 0.3 is 0 Å². The maximum absolute atomic E-state index is 11.6. The van der Waals surface area contributed by atoms with Crippen LogP contribution in [0.4, 0.5) is 0 Å². The summed E-state index contributed by atoms with van der Waals surface area (Å²) in [6.45, 7) is 4.04. The molecule has 1 aromatic carbocycles. The highest BCUT2D eigenvalue weighted by molar-refractivity contribution is 5.75. The zero-order valence-electron chi connectivity index (χ0n) is 13.3. The predicted octanol–water partition coefficient (Wildman–Crippen LogP) is 3.26. The Balaban J connectivity index is 1.62. The minimum Gasteiger partial charge on any atom is -0.486 e. The van der Waals surface area contributed by atoms with Crippen molar-refractivity contribution in [3.63, 3.8) is 0 Å². The highest BCUT2D eigenvalue weighted by atomic mass is 16.6. The number of hydrogen-bond acceptors (Lipinski definition) is 3. The predicted molar refractivity (Wildman–Crippen MR) is 85.4 cm³/mol. The van der Waals surface area contributed by atoms with Crippen molar-refractivity contribution in [3.8, 4) is 11.5 Å². The van der Waals surface area contributed by atoms with Crippen LogP contribution in [0.2, 0.25) is 0 Å². The van der Waals surface area contributed by atoms with Crippen LogP contribution in [0.3, 0.4) is 0 Å². The number of benzene rings is 1. The van der Waals surface area contributed by atoms with Gasteiger partial charge in [0.05, 0.1) is 0 Å². The van der Waals surface area contributed by atoms with Crippen molar-refractivity contribution in [1.82, 2.24) is 5.32 Å². The van der Waals surface area contributed by atoms with Gasteiger partial charge in [0.1, 0.15) is 13.2 Å². The lowest BCUT2D eigenvalue weighted by Crippen LogP contribution is -2.25. The topological polar surface area (TPSA) is 47.6 Å². The average Bonchev–Trinajstić information content (AvgIpc) is 3.36. The molecule has 1 aromatic rings. The SMILES string of the molecule is CCCC(=O)NCCC(c1ccc2c(c1)OCCO2)C1CC1. The second-order valence-corrected chi connectivity index (χ2v) is 6.24. The van der Waals surface area contributed by atoms with Gasteiger partial charge in [0.25, 0.3) is 0 Å². The standard InChI is InChI=1S/C18H25NO3/c1-2-3-18(20)19-9-8-15(13-4-5-13)14-6-7-16-17(12-14)22-11-10-21-16/h6-7,12-13,15H,2-5,8-11H2,1H3,(H,19,20). The summed E-state index contributed by atoms with van der Waals surface area (Å²) in [5, 5.41) is 3.03. The van der Waals surface area contributed by atoms with Crippen LogP contribution in [-0.4, -0.2) is 25.7 Å². The largest absolute Gasteiger partial charge is 0.486 e. The Hall–Kier alpha value is -1.71. The van der Waals surface area contributed by atoms with Crippen molar-refractivity contribution >= 4 is 5.91 Å². The van der Waals surface area contributed by atoms with E-state index in [9.17, 15) is 4.79 Å². The van der Waals surface area contributed by atoms with Crippen molar-refractivity contribution in [2.75, 3.05) is 19.8 Å². The quantitative estimate of drug-likeness (QED) is 0.841. The lowest BCUT2D eigenvalue weighted by molar-refractivity contribution is -0.121. The van der Waals surface area contributed by atoms with Crippen LogP contribution in [0.1, 0.15) is 50.5 Å². The van der Waals surface area contributed by atoms with E-state index in [0.717, 1.165) is 36.8 Å². The fourth-order valence-electron chi connectivity index (χ4n) is 3.15. The van der Waals surface area contributed by atoms with E-state index < -0.39 is 0 Å². The van der Waals surface area contributed by atoms with Crippen LogP contribution in [0.5, 0.6) is 11.5 Å². The van der Waals surface area contributed by atoms with Crippen LogP contribution >= 0.6 is 0 Å². The van der Waals surface area contributed by atoms with Gasteiger partial charge < -0.3 is 14.8 Å². The molecule has 120 valence electrons. The zero-order chi connectivity index (χ0) is 15.4. The van der Waals surface area contributed by atoms with Crippen LogP contribution in [0, 0.1) is 5.92 Å². The molecule has 1 unspecified atom stereocenters. The van der Waals surface area contributed by atoms with Crippen molar-refractivity contribution in [2.24, 2.45) is 5.92 Å². The Morgan fingerprint density at radius 3 is 2.77 bits per heavy atom. The third kappa shape index (κ3) is 3.73. The molecule has 1 fully saturated rings. The molecule has 4 heteroatoms. The fourth-order valence-corrected chi connectivity index (χ4v) is 3.15. The summed E-state index contributed by atoms with van der Waals surface area (Å²) in [5.74, 6) is 3.15. The summed E-state index contributed by atoms with van der Waals surface area (Å²) >= 11 is 0.